The van der Waals surface area contributed by atoms with Crippen LogP contribution in [0.3, 0.4) is 0 Å². The van der Waals surface area contributed by atoms with Crippen molar-refractivity contribution in [1.82, 2.24) is 5.32 Å². The summed E-state index contributed by atoms with van der Waals surface area (Å²) in [5.74, 6) is 0.908. The molecule has 1 saturated carbocycles. The van der Waals surface area contributed by atoms with E-state index in [1.807, 2.05) is 0 Å². The molecule has 1 unspecified atom stereocenters. The van der Waals surface area contributed by atoms with E-state index in [0.717, 1.165) is 14.9 Å². The largest absolute Gasteiger partial charge is 0.313 e. The lowest BCUT2D eigenvalue weighted by Crippen LogP contribution is -2.19. The molecule has 1 nitrogen and oxygen atoms in total. The Morgan fingerprint density at radius 3 is 2.29 bits per heavy atom. The minimum Gasteiger partial charge on any atom is -0.313 e. The first-order valence-corrected chi connectivity index (χ1v) is 7.91. The highest BCUT2D eigenvalue weighted by atomic mass is 79.9. The van der Waals surface area contributed by atoms with Gasteiger partial charge in [0.1, 0.15) is 0 Å². The van der Waals surface area contributed by atoms with Gasteiger partial charge in [0, 0.05) is 15.0 Å². The number of nitrogens with one attached hydrogen (secondary N) is 1. The zero-order valence-corrected chi connectivity index (χ0v) is 13.4. The van der Waals surface area contributed by atoms with Crippen LogP contribution in [0.4, 0.5) is 0 Å². The molecule has 1 aromatic carbocycles. The van der Waals surface area contributed by atoms with Crippen molar-refractivity contribution in [2.75, 3.05) is 7.05 Å². The van der Waals surface area contributed by atoms with Crippen molar-refractivity contribution in [1.29, 1.82) is 0 Å². The summed E-state index contributed by atoms with van der Waals surface area (Å²) in [6, 6.07) is 7.01. The zero-order valence-electron chi connectivity index (χ0n) is 10.2. The molecule has 0 spiro atoms. The molecule has 0 aromatic heterocycles. The lowest BCUT2D eigenvalue weighted by molar-refractivity contribution is 0.413. The monoisotopic (exact) mass is 359 g/mol. The molecule has 2 rings (SSSR count). The van der Waals surface area contributed by atoms with E-state index in [4.69, 9.17) is 0 Å². The van der Waals surface area contributed by atoms with Crippen LogP contribution in [0.1, 0.15) is 43.7 Å². The van der Waals surface area contributed by atoms with Crippen LogP contribution >= 0.6 is 31.9 Å². The normalized spacial score (nSPS) is 18.5. The van der Waals surface area contributed by atoms with Crippen molar-refractivity contribution in [3.8, 4) is 0 Å². The van der Waals surface area contributed by atoms with Crippen LogP contribution in [0.15, 0.2) is 27.1 Å². The third kappa shape index (κ3) is 3.80. The number of halogens is 2. The third-order valence-corrected chi connectivity index (χ3v) is 4.60. The maximum absolute atomic E-state index is 3.57. The Kier molecular flexibility index (Phi) is 5.07. The van der Waals surface area contributed by atoms with Crippen molar-refractivity contribution >= 4 is 31.9 Å². The van der Waals surface area contributed by atoms with Crippen LogP contribution in [0.5, 0.6) is 0 Å². The molecule has 94 valence electrons. The fraction of sp³-hybridized carbons (Fsp3) is 0.571. The molecule has 1 aliphatic rings. The molecule has 1 aliphatic carbocycles. The van der Waals surface area contributed by atoms with Gasteiger partial charge in [0.2, 0.25) is 0 Å². The molecule has 0 bridgehead atoms. The van der Waals surface area contributed by atoms with Gasteiger partial charge in [0.25, 0.3) is 0 Å². The Labute approximate surface area is 121 Å². The average molecular weight is 361 g/mol. The van der Waals surface area contributed by atoms with Crippen molar-refractivity contribution in [3.63, 3.8) is 0 Å². The van der Waals surface area contributed by atoms with E-state index in [2.05, 4.69) is 62.4 Å². The van der Waals surface area contributed by atoms with Crippen LogP contribution < -0.4 is 5.32 Å². The van der Waals surface area contributed by atoms with E-state index in [1.165, 1.54) is 37.7 Å². The van der Waals surface area contributed by atoms with E-state index < -0.39 is 0 Å². The van der Waals surface area contributed by atoms with Gasteiger partial charge >= 0.3 is 0 Å². The summed E-state index contributed by atoms with van der Waals surface area (Å²) in [6.45, 7) is 0. The molecule has 0 amide bonds. The predicted octanol–water partition coefficient (Wildman–Crippen LogP) is 5.05. The van der Waals surface area contributed by atoms with Crippen LogP contribution in [0.2, 0.25) is 0 Å². The van der Waals surface area contributed by atoms with E-state index in [1.54, 1.807) is 0 Å². The summed E-state index contributed by atoms with van der Waals surface area (Å²) in [6.07, 6.45) is 6.92. The fourth-order valence-electron chi connectivity index (χ4n) is 2.78. The summed E-state index contributed by atoms with van der Waals surface area (Å²) in [5, 5.41) is 3.46. The Morgan fingerprint density at radius 2 is 1.76 bits per heavy atom. The highest BCUT2D eigenvalue weighted by molar-refractivity contribution is 9.11. The highest BCUT2D eigenvalue weighted by Gasteiger charge is 2.20. The van der Waals surface area contributed by atoms with Gasteiger partial charge < -0.3 is 5.32 Å². The fourth-order valence-corrected chi connectivity index (χ4v) is 4.11. The van der Waals surface area contributed by atoms with Gasteiger partial charge in [-0.3, -0.25) is 0 Å². The Balaban J connectivity index is 2.10. The van der Waals surface area contributed by atoms with E-state index >= 15 is 0 Å². The molecular formula is C14H19Br2N. The molecule has 0 saturated heterocycles. The second kappa shape index (κ2) is 6.35. The highest BCUT2D eigenvalue weighted by Crippen LogP contribution is 2.34. The van der Waals surface area contributed by atoms with Crippen molar-refractivity contribution in [2.45, 2.75) is 38.1 Å². The Hall–Kier alpha value is 0.140. The lowest BCUT2D eigenvalue weighted by atomic mass is 9.94. The first-order chi connectivity index (χ1) is 8.19. The summed E-state index contributed by atoms with van der Waals surface area (Å²) >= 11 is 7.13. The molecule has 0 aliphatic heterocycles. The predicted molar refractivity (Wildman–Crippen MR) is 80.2 cm³/mol. The number of hydrogen-bond donors (Lipinski definition) is 1. The van der Waals surface area contributed by atoms with Crippen molar-refractivity contribution < 1.29 is 0 Å². The second-order valence-corrected chi connectivity index (χ2v) is 6.76. The summed E-state index contributed by atoms with van der Waals surface area (Å²) in [4.78, 5) is 0. The van der Waals surface area contributed by atoms with Crippen molar-refractivity contribution in [2.24, 2.45) is 5.92 Å². The Morgan fingerprint density at radius 1 is 1.18 bits per heavy atom. The van der Waals surface area contributed by atoms with Gasteiger partial charge in [0.05, 0.1) is 0 Å². The molecule has 1 fully saturated rings. The standard InChI is InChI=1S/C14H19Br2N/c1-17-14(6-10-4-2-3-5-10)11-7-12(15)9-13(16)8-11/h7-10,14,17H,2-6H2,1H3. The van der Waals surface area contributed by atoms with Crippen LogP contribution in [0, 0.1) is 5.92 Å². The van der Waals surface area contributed by atoms with E-state index in [9.17, 15) is 0 Å². The quantitative estimate of drug-likeness (QED) is 0.791. The molecule has 1 N–H and O–H groups in total. The minimum absolute atomic E-state index is 0.479. The topological polar surface area (TPSA) is 12.0 Å². The zero-order chi connectivity index (χ0) is 12.3. The average Bonchev–Trinajstić information content (AvgIpc) is 2.77. The number of hydrogen-bond acceptors (Lipinski definition) is 1. The van der Waals surface area contributed by atoms with Crippen LogP contribution in [0.25, 0.3) is 0 Å². The molecule has 17 heavy (non-hydrogen) atoms. The summed E-state index contributed by atoms with van der Waals surface area (Å²) in [5.41, 5.74) is 1.38. The second-order valence-electron chi connectivity index (χ2n) is 4.93. The Bertz CT molecular complexity index is 352. The maximum Gasteiger partial charge on any atom is 0.0320 e. The number of rotatable bonds is 4. The van der Waals surface area contributed by atoms with Gasteiger partial charge in [-0.2, -0.15) is 0 Å². The molecule has 1 atom stereocenters. The molecule has 1 aromatic rings. The van der Waals surface area contributed by atoms with Crippen LogP contribution in [-0.4, -0.2) is 7.05 Å². The number of benzene rings is 1. The lowest BCUT2D eigenvalue weighted by Gasteiger charge is -2.21. The maximum atomic E-state index is 3.57. The summed E-state index contributed by atoms with van der Waals surface area (Å²) < 4.78 is 2.29. The van der Waals surface area contributed by atoms with Gasteiger partial charge in [-0.25, -0.2) is 0 Å². The van der Waals surface area contributed by atoms with E-state index in [-0.39, 0.29) is 0 Å². The van der Waals surface area contributed by atoms with Gasteiger partial charge in [-0.15, -0.1) is 0 Å². The molecule has 0 heterocycles. The summed E-state index contributed by atoms with van der Waals surface area (Å²) in [7, 11) is 2.06. The minimum atomic E-state index is 0.479. The first-order valence-electron chi connectivity index (χ1n) is 6.32. The molecular weight excluding hydrogens is 342 g/mol. The van der Waals surface area contributed by atoms with Crippen molar-refractivity contribution in [3.05, 3.63) is 32.7 Å². The van der Waals surface area contributed by atoms with Gasteiger partial charge in [-0.1, -0.05) is 57.5 Å². The van der Waals surface area contributed by atoms with E-state index in [0.29, 0.717) is 6.04 Å². The third-order valence-electron chi connectivity index (χ3n) is 3.68. The SMILES string of the molecule is CNC(CC1CCCC1)c1cc(Br)cc(Br)c1. The molecule has 0 radical (unpaired) electrons. The smallest absolute Gasteiger partial charge is 0.0320 e. The van der Waals surface area contributed by atoms with Gasteiger partial charge in [0.15, 0.2) is 0 Å². The van der Waals surface area contributed by atoms with Crippen LogP contribution in [-0.2, 0) is 0 Å². The first kappa shape index (κ1) is 13.6. The van der Waals surface area contributed by atoms with Gasteiger partial charge in [-0.05, 0) is 43.1 Å². The molecule has 3 heteroatoms.